The first-order valence-corrected chi connectivity index (χ1v) is 9.18. The number of benzene rings is 1. The van der Waals surface area contributed by atoms with E-state index in [1.54, 1.807) is 19.4 Å². The number of hydrogen-bond donors (Lipinski definition) is 1. The number of ether oxygens (including phenoxy) is 3. The van der Waals surface area contributed by atoms with Gasteiger partial charge in [0.2, 0.25) is 0 Å². The molecule has 5 nitrogen and oxygen atoms in total. The summed E-state index contributed by atoms with van der Waals surface area (Å²) in [6.07, 6.45) is 2.98. The third kappa shape index (κ3) is 8.80. The highest BCUT2D eigenvalue weighted by atomic mass is 35.5. The van der Waals surface area contributed by atoms with Crippen molar-refractivity contribution in [1.29, 1.82) is 0 Å². The smallest absolute Gasteiger partial charge is 0.161 e. The van der Waals surface area contributed by atoms with Crippen molar-refractivity contribution in [2.24, 2.45) is 0 Å². The van der Waals surface area contributed by atoms with Gasteiger partial charge in [-0.05, 0) is 50.6 Å². The summed E-state index contributed by atoms with van der Waals surface area (Å²) in [5.74, 6) is 1.42. The summed E-state index contributed by atoms with van der Waals surface area (Å²) in [5.41, 5.74) is 2.10. The van der Waals surface area contributed by atoms with Crippen LogP contribution in [0.1, 0.15) is 31.4 Å². The molecule has 1 heterocycles. The van der Waals surface area contributed by atoms with Crippen molar-refractivity contribution in [2.75, 3.05) is 20.3 Å². The van der Waals surface area contributed by atoms with Crippen molar-refractivity contribution in [1.82, 2.24) is 10.3 Å². The number of hydrogen-bond acceptors (Lipinski definition) is 5. The molecule has 0 bridgehead atoms. The Morgan fingerprint density at radius 1 is 1.11 bits per heavy atom. The molecule has 0 saturated carbocycles. The zero-order valence-electron chi connectivity index (χ0n) is 16.0. The number of aromatic nitrogens is 1. The minimum Gasteiger partial charge on any atom is -0.493 e. The summed E-state index contributed by atoms with van der Waals surface area (Å²) in [6, 6.07) is 9.60. The largest absolute Gasteiger partial charge is 0.493 e. The molecule has 0 atom stereocenters. The SMILES string of the molecule is COc1cc(CNCCCOC(C)C)ccc1OCc1ccc(Cl)nc1.Cl. The van der Waals surface area contributed by atoms with E-state index in [9.17, 15) is 0 Å². The molecule has 0 spiro atoms. The van der Waals surface area contributed by atoms with E-state index in [1.807, 2.05) is 38.1 Å². The molecular formula is C20H28Cl2N2O3. The molecular weight excluding hydrogens is 387 g/mol. The van der Waals surface area contributed by atoms with Gasteiger partial charge in [-0.1, -0.05) is 23.7 Å². The number of methoxy groups -OCH3 is 1. The van der Waals surface area contributed by atoms with Crippen LogP contribution in [0, 0.1) is 0 Å². The lowest BCUT2D eigenvalue weighted by Crippen LogP contribution is -2.17. The van der Waals surface area contributed by atoms with Crippen molar-refractivity contribution in [3.8, 4) is 11.5 Å². The standard InChI is InChI=1S/C20H27ClN2O3.ClH/c1-15(2)25-10-4-9-22-12-16-5-7-18(19(11-16)24-3)26-14-17-6-8-20(21)23-13-17;/h5-8,11,13,15,22H,4,9-10,12,14H2,1-3H3;1H. The maximum Gasteiger partial charge on any atom is 0.161 e. The third-order valence-electron chi connectivity index (χ3n) is 3.69. The first-order valence-electron chi connectivity index (χ1n) is 8.81. The first kappa shape index (κ1) is 23.5. The second-order valence-corrected chi connectivity index (χ2v) is 6.60. The maximum absolute atomic E-state index is 5.84. The highest BCUT2D eigenvalue weighted by Crippen LogP contribution is 2.28. The maximum atomic E-state index is 5.84. The molecule has 7 heteroatoms. The van der Waals surface area contributed by atoms with Crippen LogP contribution in [-0.2, 0) is 17.9 Å². The highest BCUT2D eigenvalue weighted by Gasteiger charge is 2.07. The number of halogens is 2. The topological polar surface area (TPSA) is 52.6 Å². The highest BCUT2D eigenvalue weighted by molar-refractivity contribution is 6.29. The van der Waals surface area contributed by atoms with Crippen molar-refractivity contribution in [2.45, 2.75) is 39.5 Å². The molecule has 27 heavy (non-hydrogen) atoms. The molecule has 0 amide bonds. The second-order valence-electron chi connectivity index (χ2n) is 6.21. The fourth-order valence-electron chi connectivity index (χ4n) is 2.34. The lowest BCUT2D eigenvalue weighted by atomic mass is 10.2. The van der Waals surface area contributed by atoms with Crippen LogP contribution in [0.4, 0.5) is 0 Å². The van der Waals surface area contributed by atoms with Crippen LogP contribution in [0.2, 0.25) is 5.15 Å². The average Bonchev–Trinajstić information content (AvgIpc) is 2.64. The van der Waals surface area contributed by atoms with Gasteiger partial charge in [0.05, 0.1) is 13.2 Å². The lowest BCUT2D eigenvalue weighted by Gasteiger charge is -2.13. The minimum absolute atomic E-state index is 0. The lowest BCUT2D eigenvalue weighted by molar-refractivity contribution is 0.0770. The molecule has 150 valence electrons. The Balaban J connectivity index is 0.00000364. The van der Waals surface area contributed by atoms with Gasteiger partial charge in [-0.15, -0.1) is 12.4 Å². The third-order valence-corrected chi connectivity index (χ3v) is 3.91. The van der Waals surface area contributed by atoms with Crippen molar-refractivity contribution in [3.05, 3.63) is 52.8 Å². The number of rotatable bonds is 11. The Labute approximate surface area is 172 Å². The van der Waals surface area contributed by atoms with Crippen LogP contribution in [0.5, 0.6) is 11.5 Å². The van der Waals surface area contributed by atoms with E-state index in [0.29, 0.717) is 17.5 Å². The second kappa shape index (κ2) is 12.8. The van der Waals surface area contributed by atoms with Gasteiger partial charge in [0.1, 0.15) is 11.8 Å². The summed E-state index contributed by atoms with van der Waals surface area (Å²) >= 11 is 5.79. The molecule has 0 aliphatic rings. The fourth-order valence-corrected chi connectivity index (χ4v) is 2.45. The van der Waals surface area contributed by atoms with Gasteiger partial charge in [-0.3, -0.25) is 0 Å². The molecule has 2 aromatic rings. The van der Waals surface area contributed by atoms with Crippen LogP contribution < -0.4 is 14.8 Å². The van der Waals surface area contributed by atoms with Crippen LogP contribution in [0.3, 0.4) is 0 Å². The molecule has 1 N–H and O–H groups in total. The Kier molecular flexibility index (Phi) is 11.1. The zero-order chi connectivity index (χ0) is 18.8. The van der Waals surface area contributed by atoms with Crippen molar-refractivity contribution >= 4 is 24.0 Å². The summed E-state index contributed by atoms with van der Waals surface area (Å²) in [5, 5.41) is 3.88. The minimum atomic E-state index is 0. The van der Waals surface area contributed by atoms with Crippen molar-refractivity contribution < 1.29 is 14.2 Å². The predicted molar refractivity (Wildman–Crippen MR) is 111 cm³/mol. The van der Waals surface area contributed by atoms with E-state index in [0.717, 1.165) is 43.0 Å². The normalized spacial score (nSPS) is 10.6. The Morgan fingerprint density at radius 2 is 1.89 bits per heavy atom. The Hall–Kier alpha value is -1.53. The Bertz CT molecular complexity index is 667. The van der Waals surface area contributed by atoms with Crippen LogP contribution in [0.25, 0.3) is 0 Å². The number of pyridine rings is 1. The van der Waals surface area contributed by atoms with E-state index in [-0.39, 0.29) is 18.5 Å². The van der Waals surface area contributed by atoms with Gasteiger partial charge in [-0.2, -0.15) is 0 Å². The van der Waals surface area contributed by atoms with E-state index in [4.69, 9.17) is 25.8 Å². The van der Waals surface area contributed by atoms with Gasteiger partial charge < -0.3 is 19.5 Å². The molecule has 0 unspecified atom stereocenters. The van der Waals surface area contributed by atoms with Crippen LogP contribution in [-0.4, -0.2) is 31.3 Å². The summed E-state index contributed by atoms with van der Waals surface area (Å²) < 4.78 is 16.8. The van der Waals surface area contributed by atoms with E-state index in [2.05, 4.69) is 10.3 Å². The quantitative estimate of drug-likeness (QED) is 0.428. The molecule has 1 aromatic carbocycles. The molecule has 0 saturated heterocycles. The van der Waals surface area contributed by atoms with E-state index < -0.39 is 0 Å². The predicted octanol–water partition coefficient (Wildman–Crippen LogP) is 4.65. The average molecular weight is 415 g/mol. The molecule has 0 aliphatic carbocycles. The number of nitrogens with zero attached hydrogens (tertiary/aromatic N) is 1. The Morgan fingerprint density at radius 3 is 2.56 bits per heavy atom. The van der Waals surface area contributed by atoms with Gasteiger partial charge in [0.25, 0.3) is 0 Å². The summed E-state index contributed by atoms with van der Waals surface area (Å²) in [4.78, 5) is 4.05. The van der Waals surface area contributed by atoms with Gasteiger partial charge in [0.15, 0.2) is 11.5 Å². The molecule has 0 fully saturated rings. The molecule has 2 rings (SSSR count). The van der Waals surface area contributed by atoms with E-state index >= 15 is 0 Å². The first-order chi connectivity index (χ1) is 12.6. The molecule has 0 aliphatic heterocycles. The van der Waals surface area contributed by atoms with Gasteiger partial charge >= 0.3 is 0 Å². The monoisotopic (exact) mass is 414 g/mol. The summed E-state index contributed by atoms with van der Waals surface area (Å²) in [7, 11) is 1.65. The van der Waals surface area contributed by atoms with Crippen LogP contribution >= 0.6 is 24.0 Å². The van der Waals surface area contributed by atoms with Crippen molar-refractivity contribution in [3.63, 3.8) is 0 Å². The molecule has 1 aromatic heterocycles. The number of nitrogens with one attached hydrogen (secondary N) is 1. The van der Waals surface area contributed by atoms with Gasteiger partial charge in [-0.25, -0.2) is 4.98 Å². The van der Waals surface area contributed by atoms with E-state index in [1.165, 1.54) is 0 Å². The van der Waals surface area contributed by atoms with Gasteiger partial charge in [0, 0.05) is 24.9 Å². The fraction of sp³-hybridized carbons (Fsp3) is 0.450. The van der Waals surface area contributed by atoms with Crippen LogP contribution in [0.15, 0.2) is 36.5 Å². The zero-order valence-corrected chi connectivity index (χ0v) is 17.6. The molecule has 0 radical (unpaired) electrons. The summed E-state index contributed by atoms with van der Waals surface area (Å²) in [6.45, 7) is 6.98.